The van der Waals surface area contributed by atoms with Crippen LogP contribution in [0.4, 0.5) is 4.79 Å². The smallest absolute Gasteiger partial charge is 0.335 e. The van der Waals surface area contributed by atoms with Gasteiger partial charge < -0.3 is 20.4 Å². The molecule has 1 aromatic rings. The summed E-state index contributed by atoms with van der Waals surface area (Å²) in [5.74, 6) is -0.947. The maximum absolute atomic E-state index is 11.8. The van der Waals surface area contributed by atoms with Crippen molar-refractivity contribution >= 4 is 12.0 Å². The Bertz CT molecular complexity index is 486. The molecule has 1 heterocycles. The van der Waals surface area contributed by atoms with E-state index in [1.165, 1.54) is 0 Å². The minimum absolute atomic E-state index is 0.163. The molecule has 1 aliphatic rings. The number of nitrogens with zero attached hydrogens (tertiary/aromatic N) is 1. The van der Waals surface area contributed by atoms with E-state index < -0.39 is 12.1 Å². The number of aliphatic hydroxyl groups excluding tert-OH is 1. The summed E-state index contributed by atoms with van der Waals surface area (Å²) in [7, 11) is 0. The monoisotopic (exact) mass is 278 g/mol. The van der Waals surface area contributed by atoms with Crippen LogP contribution in [-0.4, -0.2) is 52.9 Å². The Morgan fingerprint density at radius 1 is 1.30 bits per heavy atom. The number of carboxylic acid groups (broad SMARTS) is 1. The molecule has 0 saturated carbocycles. The van der Waals surface area contributed by atoms with Gasteiger partial charge in [-0.1, -0.05) is 12.1 Å². The Hall–Kier alpha value is -2.08. The van der Waals surface area contributed by atoms with E-state index in [1.54, 1.807) is 29.2 Å². The number of urea groups is 1. The molecule has 1 aliphatic heterocycles. The van der Waals surface area contributed by atoms with Gasteiger partial charge in [0.05, 0.1) is 11.7 Å². The predicted molar refractivity (Wildman–Crippen MR) is 72.7 cm³/mol. The Morgan fingerprint density at radius 2 is 2.00 bits per heavy atom. The molecule has 1 fully saturated rings. The SMILES string of the molecule is O=C(O)c1ccc(CCNC(=O)N2CCC(O)C2)cc1. The third-order valence-electron chi connectivity index (χ3n) is 3.34. The summed E-state index contributed by atoms with van der Waals surface area (Å²) in [6, 6.07) is 6.43. The molecule has 1 atom stereocenters. The average Bonchev–Trinajstić information content (AvgIpc) is 2.86. The average molecular weight is 278 g/mol. The second kappa shape index (κ2) is 6.38. The Balaban J connectivity index is 1.75. The number of carbonyl (C=O) groups is 2. The molecule has 108 valence electrons. The second-order valence-electron chi connectivity index (χ2n) is 4.87. The van der Waals surface area contributed by atoms with Gasteiger partial charge in [-0.2, -0.15) is 0 Å². The summed E-state index contributed by atoms with van der Waals surface area (Å²) in [5.41, 5.74) is 1.22. The number of β-amino-alcohol motifs (C(OH)–C–C–N with tert-alkyl or cyclic N) is 1. The van der Waals surface area contributed by atoms with Crippen LogP contribution in [0.5, 0.6) is 0 Å². The summed E-state index contributed by atoms with van der Waals surface area (Å²) in [4.78, 5) is 24.1. The first-order valence-corrected chi connectivity index (χ1v) is 6.59. The standard InChI is InChI=1S/C14H18N2O4/c17-12-6-8-16(9-12)14(20)15-7-5-10-1-3-11(4-2-10)13(18)19/h1-4,12,17H,5-9H2,(H,15,20)(H,18,19). The van der Waals surface area contributed by atoms with Gasteiger partial charge in [0.1, 0.15) is 0 Å². The molecular formula is C14H18N2O4. The van der Waals surface area contributed by atoms with Crippen LogP contribution >= 0.6 is 0 Å². The summed E-state index contributed by atoms with van der Waals surface area (Å²) in [5, 5.41) is 20.9. The van der Waals surface area contributed by atoms with Crippen molar-refractivity contribution in [2.45, 2.75) is 18.9 Å². The Morgan fingerprint density at radius 3 is 2.55 bits per heavy atom. The number of likely N-dealkylation sites (tertiary alicyclic amines) is 1. The van der Waals surface area contributed by atoms with Gasteiger partial charge in [-0.3, -0.25) is 0 Å². The number of benzene rings is 1. The number of carboxylic acids is 1. The highest BCUT2D eigenvalue weighted by atomic mass is 16.4. The van der Waals surface area contributed by atoms with Crippen LogP contribution in [0.3, 0.4) is 0 Å². The lowest BCUT2D eigenvalue weighted by Gasteiger charge is -2.16. The van der Waals surface area contributed by atoms with Crippen LogP contribution in [0.1, 0.15) is 22.3 Å². The Labute approximate surface area is 117 Å². The zero-order chi connectivity index (χ0) is 14.5. The highest BCUT2D eigenvalue weighted by Gasteiger charge is 2.23. The molecule has 2 amide bonds. The first-order chi connectivity index (χ1) is 9.56. The lowest BCUT2D eigenvalue weighted by atomic mass is 10.1. The van der Waals surface area contributed by atoms with E-state index >= 15 is 0 Å². The van der Waals surface area contributed by atoms with E-state index in [-0.39, 0.29) is 11.6 Å². The molecule has 0 radical (unpaired) electrons. The third kappa shape index (κ3) is 3.71. The fourth-order valence-corrected chi connectivity index (χ4v) is 2.17. The number of amides is 2. The van der Waals surface area contributed by atoms with E-state index in [1.807, 2.05) is 0 Å². The normalized spacial score (nSPS) is 18.1. The maximum atomic E-state index is 11.8. The van der Waals surface area contributed by atoms with Crippen molar-refractivity contribution in [3.05, 3.63) is 35.4 Å². The van der Waals surface area contributed by atoms with Gasteiger partial charge >= 0.3 is 12.0 Å². The lowest BCUT2D eigenvalue weighted by Crippen LogP contribution is -2.39. The maximum Gasteiger partial charge on any atom is 0.335 e. The molecule has 1 saturated heterocycles. The van der Waals surface area contributed by atoms with Gasteiger partial charge in [0.25, 0.3) is 0 Å². The highest BCUT2D eigenvalue weighted by molar-refractivity contribution is 5.87. The van der Waals surface area contributed by atoms with E-state index in [2.05, 4.69) is 5.32 Å². The number of rotatable bonds is 4. The van der Waals surface area contributed by atoms with Crippen molar-refractivity contribution in [3.63, 3.8) is 0 Å². The first kappa shape index (κ1) is 14.3. The molecule has 6 heteroatoms. The molecule has 6 nitrogen and oxygen atoms in total. The van der Waals surface area contributed by atoms with Gasteiger partial charge in [-0.25, -0.2) is 9.59 Å². The van der Waals surface area contributed by atoms with Gasteiger partial charge in [-0.15, -0.1) is 0 Å². The van der Waals surface area contributed by atoms with Crippen molar-refractivity contribution in [2.24, 2.45) is 0 Å². The largest absolute Gasteiger partial charge is 0.478 e. The lowest BCUT2D eigenvalue weighted by molar-refractivity contribution is 0.0697. The van der Waals surface area contributed by atoms with Crippen molar-refractivity contribution in [3.8, 4) is 0 Å². The molecule has 0 spiro atoms. The minimum atomic E-state index is -0.947. The quantitative estimate of drug-likeness (QED) is 0.756. The number of aliphatic hydroxyl groups is 1. The van der Waals surface area contributed by atoms with Crippen LogP contribution in [-0.2, 0) is 6.42 Å². The van der Waals surface area contributed by atoms with Crippen LogP contribution in [0.15, 0.2) is 24.3 Å². The van der Waals surface area contributed by atoms with Crippen LogP contribution in [0.2, 0.25) is 0 Å². The molecule has 1 aromatic carbocycles. The fourth-order valence-electron chi connectivity index (χ4n) is 2.17. The fraction of sp³-hybridized carbons (Fsp3) is 0.429. The second-order valence-corrected chi connectivity index (χ2v) is 4.87. The van der Waals surface area contributed by atoms with Crippen molar-refractivity contribution < 1.29 is 19.8 Å². The topological polar surface area (TPSA) is 89.9 Å². The van der Waals surface area contributed by atoms with Crippen LogP contribution in [0.25, 0.3) is 0 Å². The summed E-state index contributed by atoms with van der Waals surface area (Å²) < 4.78 is 0. The van der Waals surface area contributed by atoms with E-state index in [0.717, 1.165) is 5.56 Å². The first-order valence-electron chi connectivity index (χ1n) is 6.59. The summed E-state index contributed by atoms with van der Waals surface area (Å²) >= 11 is 0. The summed E-state index contributed by atoms with van der Waals surface area (Å²) in [6.07, 6.45) is 0.857. The summed E-state index contributed by atoms with van der Waals surface area (Å²) in [6.45, 7) is 1.46. The number of nitrogens with one attached hydrogen (secondary N) is 1. The van der Waals surface area contributed by atoms with Crippen molar-refractivity contribution in [2.75, 3.05) is 19.6 Å². The van der Waals surface area contributed by atoms with Gasteiger partial charge in [-0.05, 0) is 30.5 Å². The number of carbonyl (C=O) groups excluding carboxylic acids is 1. The molecule has 0 aromatic heterocycles. The number of hydrogen-bond acceptors (Lipinski definition) is 3. The van der Waals surface area contributed by atoms with Gasteiger partial charge in [0, 0.05) is 19.6 Å². The van der Waals surface area contributed by atoms with Crippen LogP contribution < -0.4 is 5.32 Å². The number of aromatic carboxylic acids is 1. The zero-order valence-corrected chi connectivity index (χ0v) is 11.1. The zero-order valence-electron chi connectivity index (χ0n) is 11.1. The van der Waals surface area contributed by atoms with Gasteiger partial charge in [0.15, 0.2) is 0 Å². The van der Waals surface area contributed by atoms with Crippen LogP contribution in [0, 0.1) is 0 Å². The third-order valence-corrected chi connectivity index (χ3v) is 3.34. The van der Waals surface area contributed by atoms with E-state index in [0.29, 0.717) is 32.5 Å². The van der Waals surface area contributed by atoms with E-state index in [9.17, 15) is 14.7 Å². The molecule has 2 rings (SSSR count). The Kier molecular flexibility index (Phi) is 4.57. The molecule has 0 bridgehead atoms. The van der Waals surface area contributed by atoms with Crippen molar-refractivity contribution in [1.29, 1.82) is 0 Å². The van der Waals surface area contributed by atoms with Crippen molar-refractivity contribution in [1.82, 2.24) is 10.2 Å². The number of hydrogen-bond donors (Lipinski definition) is 3. The molecular weight excluding hydrogens is 260 g/mol. The molecule has 20 heavy (non-hydrogen) atoms. The van der Waals surface area contributed by atoms with Gasteiger partial charge in [0.2, 0.25) is 0 Å². The molecule has 0 aliphatic carbocycles. The minimum Gasteiger partial charge on any atom is -0.478 e. The predicted octanol–water partition coefficient (Wildman–Crippen LogP) is 0.703. The highest BCUT2D eigenvalue weighted by Crippen LogP contribution is 2.08. The molecule has 3 N–H and O–H groups in total. The van der Waals surface area contributed by atoms with E-state index in [4.69, 9.17) is 5.11 Å². The molecule has 1 unspecified atom stereocenters.